The largest absolute Gasteiger partial charge is 0.478 e. The van der Waals surface area contributed by atoms with Crippen molar-refractivity contribution in [3.63, 3.8) is 0 Å². The minimum Gasteiger partial charge on any atom is -0.478 e. The Labute approximate surface area is 161 Å². The Morgan fingerprint density at radius 1 is 1.00 bits per heavy atom. The van der Waals surface area contributed by atoms with Crippen molar-refractivity contribution in [3.05, 3.63) is 66.7 Å². The molecule has 6 nitrogen and oxygen atoms in total. The number of para-hydroxylation sites is 1. The molecule has 2 amide bonds. The molecule has 0 saturated carbocycles. The topological polar surface area (TPSA) is 95.5 Å². The predicted octanol–water partition coefficient (Wildman–Crippen LogP) is 3.78. The van der Waals surface area contributed by atoms with E-state index in [4.69, 9.17) is 5.11 Å². The van der Waals surface area contributed by atoms with E-state index in [0.29, 0.717) is 12.1 Å². The summed E-state index contributed by atoms with van der Waals surface area (Å²) in [5, 5.41) is 13.7. The van der Waals surface area contributed by atoms with Crippen molar-refractivity contribution < 1.29 is 19.5 Å². The Hall–Kier alpha value is -3.06. The third-order valence-corrected chi connectivity index (χ3v) is 4.82. The van der Waals surface area contributed by atoms with Gasteiger partial charge in [0.1, 0.15) is 0 Å². The van der Waals surface area contributed by atoms with E-state index in [2.05, 4.69) is 10.6 Å². The Morgan fingerprint density at radius 2 is 1.70 bits per heavy atom. The molecule has 1 unspecified atom stereocenters. The van der Waals surface area contributed by atoms with Gasteiger partial charge in [-0.2, -0.15) is 0 Å². The van der Waals surface area contributed by atoms with Crippen molar-refractivity contribution in [1.29, 1.82) is 0 Å². The van der Waals surface area contributed by atoms with Gasteiger partial charge in [0.05, 0.1) is 5.25 Å². The van der Waals surface area contributed by atoms with Crippen LogP contribution >= 0.6 is 11.8 Å². The molecule has 0 aliphatic heterocycles. The minimum atomic E-state index is -1.19. The van der Waals surface area contributed by atoms with Gasteiger partial charge in [-0.1, -0.05) is 31.2 Å². The number of hydrogen-bond acceptors (Lipinski definition) is 4. The molecule has 27 heavy (non-hydrogen) atoms. The summed E-state index contributed by atoms with van der Waals surface area (Å²) in [6.45, 7) is 1.94. The van der Waals surface area contributed by atoms with Crippen LogP contribution in [0.5, 0.6) is 0 Å². The summed E-state index contributed by atoms with van der Waals surface area (Å²) in [6, 6.07) is 16.3. The van der Waals surface area contributed by atoms with Crippen LogP contribution in [0.15, 0.2) is 71.6 Å². The summed E-state index contributed by atoms with van der Waals surface area (Å²) in [6.07, 6.45) is 2.36. The number of carboxylic acid groups (broad SMARTS) is 1. The van der Waals surface area contributed by atoms with E-state index in [1.54, 1.807) is 18.2 Å². The number of aliphatic carboxylic acids is 1. The third kappa shape index (κ3) is 6.99. The molecule has 7 heteroatoms. The van der Waals surface area contributed by atoms with Gasteiger partial charge in [0.25, 0.3) is 0 Å². The molecule has 0 radical (unpaired) electrons. The van der Waals surface area contributed by atoms with Gasteiger partial charge in [0, 0.05) is 28.4 Å². The Balaban J connectivity index is 2.01. The highest BCUT2D eigenvalue weighted by molar-refractivity contribution is 8.00. The van der Waals surface area contributed by atoms with Crippen molar-refractivity contribution in [2.24, 2.45) is 0 Å². The molecule has 3 N–H and O–H groups in total. The molecule has 0 saturated heterocycles. The first kappa shape index (κ1) is 20.3. The maximum Gasteiger partial charge on any atom is 0.328 e. The first-order valence-electron chi connectivity index (χ1n) is 8.32. The molecule has 1 atom stereocenters. The van der Waals surface area contributed by atoms with Crippen LogP contribution < -0.4 is 10.6 Å². The highest BCUT2D eigenvalue weighted by Gasteiger charge is 2.18. The van der Waals surface area contributed by atoms with E-state index >= 15 is 0 Å². The molecular weight excluding hydrogens is 364 g/mol. The van der Waals surface area contributed by atoms with Crippen LogP contribution in [0.25, 0.3) is 0 Å². The number of amides is 2. The zero-order chi connectivity index (χ0) is 19.6. The number of thioether (sulfide) groups is 1. The van der Waals surface area contributed by atoms with Crippen molar-refractivity contribution >= 4 is 40.9 Å². The number of benzene rings is 2. The van der Waals surface area contributed by atoms with Crippen molar-refractivity contribution in [3.8, 4) is 0 Å². The normalized spacial score (nSPS) is 11.7. The van der Waals surface area contributed by atoms with Crippen LogP contribution in [0.1, 0.15) is 13.3 Å². The molecule has 0 aromatic heterocycles. The first-order valence-corrected chi connectivity index (χ1v) is 9.20. The maximum absolute atomic E-state index is 12.5. The minimum absolute atomic E-state index is 0.0902. The lowest BCUT2D eigenvalue weighted by molar-refractivity contribution is -0.131. The SMILES string of the molecule is CCC(Sc1cccc(NC(=O)/C=C/C(=O)O)c1)C(=O)Nc1ccccc1. The van der Waals surface area contributed by atoms with Crippen LogP contribution in [0.3, 0.4) is 0 Å². The number of hydrogen-bond donors (Lipinski definition) is 3. The number of carbonyl (C=O) groups is 3. The lowest BCUT2D eigenvalue weighted by Crippen LogP contribution is -2.24. The smallest absolute Gasteiger partial charge is 0.328 e. The second-order valence-corrected chi connectivity index (χ2v) is 6.83. The molecule has 2 aromatic rings. The summed E-state index contributed by atoms with van der Waals surface area (Å²) in [5.41, 5.74) is 1.27. The molecule has 0 aliphatic carbocycles. The molecule has 0 bridgehead atoms. The molecule has 2 aromatic carbocycles. The van der Waals surface area contributed by atoms with Gasteiger partial charge < -0.3 is 15.7 Å². The Bertz CT molecular complexity index is 837. The average molecular weight is 384 g/mol. The van der Waals surface area contributed by atoms with Crippen LogP contribution in [0, 0.1) is 0 Å². The fourth-order valence-electron chi connectivity index (χ4n) is 2.21. The van der Waals surface area contributed by atoms with Gasteiger partial charge in [-0.25, -0.2) is 4.79 Å². The Kier molecular flexibility index (Phi) is 7.63. The van der Waals surface area contributed by atoms with Crippen LogP contribution in [0.2, 0.25) is 0 Å². The van der Waals surface area contributed by atoms with E-state index < -0.39 is 11.9 Å². The molecule has 0 spiro atoms. The molecular formula is C20H20N2O4S. The lowest BCUT2D eigenvalue weighted by Gasteiger charge is -2.15. The number of carbonyl (C=O) groups excluding carboxylic acids is 2. The number of carboxylic acids is 1. The van der Waals surface area contributed by atoms with Crippen molar-refractivity contribution in [1.82, 2.24) is 0 Å². The average Bonchev–Trinajstić information content (AvgIpc) is 2.65. The van der Waals surface area contributed by atoms with E-state index in [0.717, 1.165) is 22.7 Å². The summed E-state index contributed by atoms with van der Waals surface area (Å²) in [5.74, 6) is -1.81. The zero-order valence-electron chi connectivity index (χ0n) is 14.7. The second-order valence-electron chi connectivity index (χ2n) is 5.56. The van der Waals surface area contributed by atoms with Crippen LogP contribution in [-0.4, -0.2) is 28.1 Å². The highest BCUT2D eigenvalue weighted by atomic mass is 32.2. The Morgan fingerprint density at radius 3 is 2.37 bits per heavy atom. The molecule has 0 fully saturated rings. The summed E-state index contributed by atoms with van der Waals surface area (Å²) in [4.78, 5) is 35.5. The number of nitrogens with one attached hydrogen (secondary N) is 2. The molecule has 140 valence electrons. The summed E-state index contributed by atoms with van der Waals surface area (Å²) >= 11 is 1.40. The van der Waals surface area contributed by atoms with Crippen LogP contribution in [-0.2, 0) is 14.4 Å². The lowest BCUT2D eigenvalue weighted by atomic mass is 10.3. The monoisotopic (exact) mass is 384 g/mol. The van der Waals surface area contributed by atoms with E-state index in [-0.39, 0.29) is 11.2 Å². The fourth-order valence-corrected chi connectivity index (χ4v) is 3.22. The summed E-state index contributed by atoms with van der Waals surface area (Å²) in [7, 11) is 0. The number of anilines is 2. The van der Waals surface area contributed by atoms with Gasteiger partial charge in [0.2, 0.25) is 11.8 Å². The van der Waals surface area contributed by atoms with Gasteiger partial charge in [0.15, 0.2) is 0 Å². The van der Waals surface area contributed by atoms with Gasteiger partial charge in [-0.05, 0) is 36.8 Å². The molecule has 0 aliphatic rings. The quantitative estimate of drug-likeness (QED) is 0.476. The fraction of sp³-hybridized carbons (Fsp3) is 0.150. The third-order valence-electron chi connectivity index (χ3n) is 3.46. The summed E-state index contributed by atoms with van der Waals surface area (Å²) < 4.78 is 0. The van der Waals surface area contributed by atoms with Crippen LogP contribution in [0.4, 0.5) is 11.4 Å². The van der Waals surface area contributed by atoms with Gasteiger partial charge in [-0.15, -0.1) is 11.8 Å². The molecule has 0 heterocycles. The highest BCUT2D eigenvalue weighted by Crippen LogP contribution is 2.28. The van der Waals surface area contributed by atoms with Crippen molar-refractivity contribution in [2.45, 2.75) is 23.5 Å². The van der Waals surface area contributed by atoms with Gasteiger partial charge >= 0.3 is 5.97 Å². The zero-order valence-corrected chi connectivity index (χ0v) is 15.5. The van der Waals surface area contributed by atoms with Crippen molar-refractivity contribution in [2.75, 3.05) is 10.6 Å². The molecule has 2 rings (SSSR count). The predicted molar refractivity (Wildman–Crippen MR) is 107 cm³/mol. The standard InChI is InChI=1S/C20H20N2O4S/c1-2-17(20(26)22-14-7-4-3-5-8-14)27-16-10-6-9-15(13-16)21-18(23)11-12-19(24)25/h3-13,17H,2H2,1H3,(H,21,23)(H,22,26)(H,24,25)/b12-11+. The number of rotatable bonds is 8. The van der Waals surface area contributed by atoms with E-state index in [1.165, 1.54) is 11.8 Å². The first-order chi connectivity index (χ1) is 13.0. The maximum atomic E-state index is 12.5. The van der Waals surface area contributed by atoms with E-state index in [9.17, 15) is 14.4 Å². The van der Waals surface area contributed by atoms with E-state index in [1.807, 2.05) is 43.3 Å². The van der Waals surface area contributed by atoms with Gasteiger partial charge in [-0.3, -0.25) is 9.59 Å². The second kappa shape index (κ2) is 10.2.